The van der Waals surface area contributed by atoms with E-state index in [2.05, 4.69) is 10.1 Å². The van der Waals surface area contributed by atoms with Gasteiger partial charge in [0.05, 0.1) is 18.2 Å². The van der Waals surface area contributed by atoms with Crippen LogP contribution in [0.1, 0.15) is 5.56 Å². The second-order valence-electron chi connectivity index (χ2n) is 4.88. The van der Waals surface area contributed by atoms with E-state index in [4.69, 9.17) is 0 Å². The first kappa shape index (κ1) is 15.1. The number of nitrogens with zero attached hydrogens (tertiary/aromatic N) is 2. The first-order valence-electron chi connectivity index (χ1n) is 6.41. The third kappa shape index (κ3) is 2.77. The van der Waals surface area contributed by atoms with Crippen LogP contribution < -0.4 is 5.56 Å². The smallest absolute Gasteiger partial charge is 0.393 e. The van der Waals surface area contributed by atoms with E-state index in [-0.39, 0.29) is 11.2 Å². The van der Waals surface area contributed by atoms with Gasteiger partial charge in [-0.05, 0) is 17.7 Å². The lowest BCUT2D eigenvalue weighted by atomic mass is 10.1. The highest BCUT2D eigenvalue weighted by molar-refractivity contribution is 5.77. The summed E-state index contributed by atoms with van der Waals surface area (Å²) >= 11 is 0. The molecule has 0 aliphatic heterocycles. The third-order valence-corrected chi connectivity index (χ3v) is 3.26. The van der Waals surface area contributed by atoms with Crippen LogP contribution in [0.25, 0.3) is 16.8 Å². The second kappa shape index (κ2) is 5.11. The number of aromatic nitrogens is 3. The molecule has 0 saturated heterocycles. The van der Waals surface area contributed by atoms with Gasteiger partial charge in [0.15, 0.2) is 0 Å². The van der Waals surface area contributed by atoms with Gasteiger partial charge >= 0.3 is 6.18 Å². The molecule has 0 amide bonds. The third-order valence-electron chi connectivity index (χ3n) is 3.26. The number of hydrogen-bond acceptors (Lipinski definition) is 3. The maximum Gasteiger partial charge on any atom is 0.393 e. The highest BCUT2D eigenvalue weighted by Gasteiger charge is 2.32. The van der Waals surface area contributed by atoms with E-state index in [1.165, 1.54) is 24.4 Å². The fraction of sp³-hybridized carbons (Fsp3) is 0.143. The van der Waals surface area contributed by atoms with Crippen molar-refractivity contribution in [2.24, 2.45) is 0 Å². The van der Waals surface area contributed by atoms with Crippen molar-refractivity contribution in [2.75, 3.05) is 0 Å². The molecule has 0 unspecified atom stereocenters. The van der Waals surface area contributed by atoms with Gasteiger partial charge in [-0.3, -0.25) is 4.79 Å². The van der Waals surface area contributed by atoms with Crippen LogP contribution in [0.15, 0.2) is 35.3 Å². The summed E-state index contributed by atoms with van der Waals surface area (Å²) in [6.45, 7) is 0. The summed E-state index contributed by atoms with van der Waals surface area (Å²) in [5, 5.41) is 13.7. The average molecular weight is 327 g/mol. The fourth-order valence-corrected chi connectivity index (χ4v) is 2.27. The van der Waals surface area contributed by atoms with Crippen LogP contribution >= 0.6 is 0 Å². The molecule has 0 fully saturated rings. The van der Waals surface area contributed by atoms with E-state index in [0.717, 1.165) is 4.52 Å². The van der Waals surface area contributed by atoms with Crippen LogP contribution in [0.4, 0.5) is 17.6 Å². The summed E-state index contributed by atoms with van der Waals surface area (Å²) in [4.78, 5) is 14.1. The topological polar surface area (TPSA) is 70.4 Å². The number of benzene rings is 1. The fourth-order valence-electron chi connectivity index (χ4n) is 2.27. The molecule has 1 aromatic carbocycles. The molecule has 0 radical (unpaired) electrons. The molecule has 0 aliphatic rings. The van der Waals surface area contributed by atoms with Gasteiger partial charge < -0.3 is 10.1 Å². The van der Waals surface area contributed by atoms with Crippen molar-refractivity contribution in [3.05, 3.63) is 52.2 Å². The van der Waals surface area contributed by atoms with Gasteiger partial charge in [0.25, 0.3) is 5.56 Å². The summed E-state index contributed by atoms with van der Waals surface area (Å²) in [7, 11) is 0. The van der Waals surface area contributed by atoms with E-state index in [1.54, 1.807) is 6.07 Å². The van der Waals surface area contributed by atoms with Gasteiger partial charge in [0, 0.05) is 5.56 Å². The van der Waals surface area contributed by atoms with Crippen molar-refractivity contribution in [1.82, 2.24) is 14.6 Å². The lowest BCUT2D eigenvalue weighted by Gasteiger charge is -2.08. The molecule has 0 aliphatic carbocycles. The normalized spacial score (nSPS) is 12.0. The molecule has 23 heavy (non-hydrogen) atoms. The molecule has 2 aromatic heterocycles. The van der Waals surface area contributed by atoms with Crippen molar-refractivity contribution >= 4 is 5.65 Å². The number of aromatic amines is 1. The van der Waals surface area contributed by atoms with Crippen LogP contribution in [-0.4, -0.2) is 25.9 Å². The molecule has 5 nitrogen and oxygen atoms in total. The molecule has 0 atom stereocenters. The van der Waals surface area contributed by atoms with Gasteiger partial charge in [-0.1, -0.05) is 12.1 Å². The first-order chi connectivity index (χ1) is 10.8. The Kier molecular flexibility index (Phi) is 3.35. The van der Waals surface area contributed by atoms with Crippen molar-refractivity contribution in [2.45, 2.75) is 12.6 Å². The average Bonchev–Trinajstić information content (AvgIpc) is 2.86. The lowest BCUT2D eigenvalue weighted by molar-refractivity contribution is -0.127. The maximum absolute atomic E-state index is 13.3. The van der Waals surface area contributed by atoms with E-state index >= 15 is 0 Å². The molecular weight excluding hydrogens is 318 g/mol. The number of rotatable bonds is 2. The zero-order valence-corrected chi connectivity index (χ0v) is 11.4. The zero-order valence-electron chi connectivity index (χ0n) is 11.4. The molecule has 2 N–H and O–H groups in total. The van der Waals surface area contributed by atoms with Gasteiger partial charge in [-0.25, -0.2) is 4.39 Å². The number of hydrogen-bond donors (Lipinski definition) is 2. The number of H-pyrrole nitrogens is 1. The van der Waals surface area contributed by atoms with Crippen molar-refractivity contribution in [3.63, 3.8) is 0 Å². The van der Waals surface area contributed by atoms with Crippen LogP contribution in [0, 0.1) is 5.82 Å². The van der Waals surface area contributed by atoms with Gasteiger partial charge in [0.1, 0.15) is 11.5 Å². The van der Waals surface area contributed by atoms with E-state index in [1.807, 2.05) is 0 Å². The summed E-state index contributed by atoms with van der Waals surface area (Å²) in [5.41, 5.74) is -1.30. The monoisotopic (exact) mass is 327 g/mol. The summed E-state index contributed by atoms with van der Waals surface area (Å²) in [5.74, 6) is -1.43. The van der Waals surface area contributed by atoms with Crippen molar-refractivity contribution < 1.29 is 22.7 Å². The van der Waals surface area contributed by atoms with Crippen LogP contribution in [-0.2, 0) is 6.42 Å². The Hall–Kier alpha value is -2.84. The maximum atomic E-state index is 13.3. The molecule has 0 bridgehead atoms. The molecule has 2 heterocycles. The van der Waals surface area contributed by atoms with Crippen LogP contribution in [0.3, 0.4) is 0 Å². The molecule has 9 heteroatoms. The van der Waals surface area contributed by atoms with Crippen LogP contribution in [0.2, 0.25) is 0 Å². The summed E-state index contributed by atoms with van der Waals surface area (Å²) in [6, 6.07) is 5.37. The number of halogens is 4. The minimum absolute atomic E-state index is 0.0241. The van der Waals surface area contributed by atoms with Gasteiger partial charge in [-0.2, -0.15) is 22.8 Å². The number of aromatic hydroxyl groups is 1. The minimum Gasteiger partial charge on any atom is -0.493 e. The summed E-state index contributed by atoms with van der Waals surface area (Å²) in [6.07, 6.45) is -5.02. The molecule has 0 saturated carbocycles. The van der Waals surface area contributed by atoms with E-state index < -0.39 is 35.4 Å². The Morgan fingerprint density at radius 1 is 1.30 bits per heavy atom. The second-order valence-corrected chi connectivity index (χ2v) is 4.88. The molecular formula is C14H9F4N3O2. The predicted molar refractivity (Wildman–Crippen MR) is 72.6 cm³/mol. The van der Waals surface area contributed by atoms with E-state index in [0.29, 0.717) is 5.56 Å². The minimum atomic E-state index is -4.66. The first-order valence-corrected chi connectivity index (χ1v) is 6.41. The Bertz CT molecular complexity index is 943. The summed E-state index contributed by atoms with van der Waals surface area (Å²) < 4.78 is 51.5. The van der Waals surface area contributed by atoms with Gasteiger partial charge in [-0.15, -0.1) is 0 Å². The zero-order chi connectivity index (χ0) is 16.8. The Morgan fingerprint density at radius 3 is 2.70 bits per heavy atom. The Labute approximate surface area is 125 Å². The highest BCUT2D eigenvalue weighted by Crippen LogP contribution is 2.28. The molecule has 120 valence electrons. The lowest BCUT2D eigenvalue weighted by Crippen LogP contribution is -2.22. The predicted octanol–water partition coefficient (Wildman–Crippen LogP) is 2.64. The number of fused-ring (bicyclic) bond motifs is 1. The standard InChI is InChI=1S/C14H9F4N3O2/c15-8-3-1-2-7(4-8)10-6-19-21-11(10)20-12(22)9(13(21)23)5-14(16,17)18/h1-4,6,23H,5H2,(H,20,22). The number of nitrogens with one attached hydrogen (secondary N) is 1. The van der Waals surface area contributed by atoms with Gasteiger partial charge in [0.2, 0.25) is 5.88 Å². The number of alkyl halides is 3. The van der Waals surface area contributed by atoms with Crippen molar-refractivity contribution in [3.8, 4) is 17.0 Å². The molecule has 3 rings (SSSR count). The quantitative estimate of drug-likeness (QED) is 0.711. The highest BCUT2D eigenvalue weighted by atomic mass is 19.4. The van der Waals surface area contributed by atoms with Crippen molar-refractivity contribution in [1.29, 1.82) is 0 Å². The Morgan fingerprint density at radius 2 is 2.04 bits per heavy atom. The van der Waals surface area contributed by atoms with Crippen LogP contribution in [0.5, 0.6) is 5.88 Å². The van der Waals surface area contributed by atoms with E-state index in [9.17, 15) is 27.5 Å². The molecule has 0 spiro atoms. The SMILES string of the molecule is O=c1[nH]c2c(-c3cccc(F)c3)cnn2c(O)c1CC(F)(F)F. The molecule has 3 aromatic rings. The Balaban J connectivity index is 2.21. The largest absolute Gasteiger partial charge is 0.493 e.